The number of morpholine rings is 1. The van der Waals surface area contributed by atoms with Gasteiger partial charge in [-0.1, -0.05) is 58.8 Å². The molecule has 2 aliphatic heterocycles. The molecule has 4 aliphatic rings. The van der Waals surface area contributed by atoms with Crippen molar-refractivity contribution < 1.29 is 14.3 Å². The maximum atomic E-state index is 13.7. The Morgan fingerprint density at radius 1 is 1.06 bits per heavy atom. The lowest BCUT2D eigenvalue weighted by molar-refractivity contribution is -0.140. The van der Waals surface area contributed by atoms with E-state index in [0.29, 0.717) is 57.1 Å². The quantitative estimate of drug-likeness (QED) is 0.542. The van der Waals surface area contributed by atoms with Gasteiger partial charge in [-0.15, -0.1) is 0 Å². The van der Waals surface area contributed by atoms with Gasteiger partial charge in [0.25, 0.3) is 0 Å². The van der Waals surface area contributed by atoms with E-state index in [1.54, 1.807) is 0 Å². The second kappa shape index (κ2) is 12.7. The Balaban J connectivity index is 1.40. The van der Waals surface area contributed by atoms with E-state index in [2.05, 4.69) is 30.1 Å². The van der Waals surface area contributed by atoms with Crippen LogP contribution in [0.3, 0.4) is 0 Å². The summed E-state index contributed by atoms with van der Waals surface area (Å²) in [6.45, 7) is 8.46. The molecule has 2 saturated heterocycles. The Kier molecular flexibility index (Phi) is 9.69. The van der Waals surface area contributed by atoms with Crippen LogP contribution in [-0.4, -0.2) is 72.6 Å². The maximum Gasteiger partial charge on any atom is 0.224 e. The molecule has 2 aliphatic carbocycles. The first-order chi connectivity index (χ1) is 17.4. The summed E-state index contributed by atoms with van der Waals surface area (Å²) in [7, 11) is 0. The predicted molar refractivity (Wildman–Crippen MR) is 140 cm³/mol. The third-order valence-electron chi connectivity index (χ3n) is 9.52. The van der Waals surface area contributed by atoms with Crippen molar-refractivity contribution in [2.75, 3.05) is 39.4 Å². The van der Waals surface area contributed by atoms with Gasteiger partial charge in [0, 0.05) is 44.6 Å². The summed E-state index contributed by atoms with van der Waals surface area (Å²) in [5.41, 5.74) is -0.839. The van der Waals surface area contributed by atoms with Crippen molar-refractivity contribution in [1.29, 1.82) is 5.26 Å². The molecule has 7 nitrogen and oxygen atoms in total. The van der Waals surface area contributed by atoms with Crippen molar-refractivity contribution in [3.63, 3.8) is 0 Å². The van der Waals surface area contributed by atoms with E-state index in [4.69, 9.17) is 4.74 Å². The molecule has 2 amide bonds. The molecule has 4 fully saturated rings. The van der Waals surface area contributed by atoms with Gasteiger partial charge in [0.05, 0.1) is 19.3 Å². The molecule has 0 spiro atoms. The number of nitriles is 1. The normalized spacial score (nSPS) is 31.2. The van der Waals surface area contributed by atoms with Crippen molar-refractivity contribution in [2.45, 2.75) is 102 Å². The van der Waals surface area contributed by atoms with Gasteiger partial charge in [0.1, 0.15) is 5.54 Å². The molecule has 202 valence electrons. The van der Waals surface area contributed by atoms with Gasteiger partial charge in [0.2, 0.25) is 11.8 Å². The van der Waals surface area contributed by atoms with Gasteiger partial charge in [-0.2, -0.15) is 5.26 Å². The van der Waals surface area contributed by atoms with Gasteiger partial charge < -0.3 is 15.0 Å². The van der Waals surface area contributed by atoms with E-state index >= 15 is 0 Å². The lowest BCUT2D eigenvalue weighted by Gasteiger charge is -2.37. The summed E-state index contributed by atoms with van der Waals surface area (Å²) < 4.78 is 5.41. The fraction of sp³-hybridized carbons (Fsp3) is 0.897. The summed E-state index contributed by atoms with van der Waals surface area (Å²) >= 11 is 0. The van der Waals surface area contributed by atoms with Crippen LogP contribution in [0.2, 0.25) is 0 Å². The highest BCUT2D eigenvalue weighted by molar-refractivity contribution is 5.86. The summed E-state index contributed by atoms with van der Waals surface area (Å²) in [5.74, 6) is 1.55. The first-order valence-electron chi connectivity index (χ1n) is 14.7. The second-order valence-electron chi connectivity index (χ2n) is 12.4. The zero-order valence-electron chi connectivity index (χ0n) is 22.7. The molecular formula is C29H48N4O3. The van der Waals surface area contributed by atoms with E-state index in [1.165, 1.54) is 44.9 Å². The van der Waals surface area contributed by atoms with Crippen molar-refractivity contribution in [3.05, 3.63) is 0 Å². The average molecular weight is 501 g/mol. The number of nitrogens with zero attached hydrogens (tertiary/aromatic N) is 3. The molecule has 36 heavy (non-hydrogen) atoms. The number of hydrogen-bond donors (Lipinski definition) is 1. The molecule has 0 aromatic heterocycles. The first kappa shape index (κ1) is 27.4. The number of ether oxygens (including phenoxy) is 1. The summed E-state index contributed by atoms with van der Waals surface area (Å²) in [5, 5.41) is 13.4. The maximum absolute atomic E-state index is 13.7. The second-order valence-corrected chi connectivity index (χ2v) is 12.4. The Bertz CT molecular complexity index is 784. The van der Waals surface area contributed by atoms with Crippen molar-refractivity contribution in [1.82, 2.24) is 15.1 Å². The lowest BCUT2D eigenvalue weighted by Crippen LogP contribution is -2.53. The average Bonchev–Trinajstić information content (AvgIpc) is 3.34. The molecule has 2 heterocycles. The van der Waals surface area contributed by atoms with E-state index in [1.807, 2.05) is 4.90 Å². The van der Waals surface area contributed by atoms with E-state index in [-0.39, 0.29) is 24.2 Å². The van der Waals surface area contributed by atoms with E-state index < -0.39 is 5.54 Å². The number of carbonyl (C=O) groups excluding carboxylic acids is 2. The third kappa shape index (κ3) is 7.01. The van der Waals surface area contributed by atoms with E-state index in [0.717, 1.165) is 31.7 Å². The minimum absolute atomic E-state index is 0.0512. The van der Waals surface area contributed by atoms with Crippen LogP contribution in [0, 0.1) is 35.0 Å². The van der Waals surface area contributed by atoms with Gasteiger partial charge in [0.15, 0.2) is 0 Å². The molecule has 2 saturated carbocycles. The Labute approximate surface area is 218 Å². The van der Waals surface area contributed by atoms with Gasteiger partial charge >= 0.3 is 0 Å². The monoisotopic (exact) mass is 500 g/mol. The number of rotatable bonds is 8. The molecule has 0 bridgehead atoms. The standard InChI is InChI=1S/C29H48N4O3/c1-22(2)24-9-6-10-26(18-24)33-12-11-29(20-30,21-33)31-28(35)25(17-23-7-4-3-5-8-23)19-27(34)32-13-15-36-16-14-32/h22-26H,3-19,21H2,1-2H3,(H,31,35)/t24-,25-,26-,29+/m1/s1. The molecule has 0 radical (unpaired) electrons. The largest absolute Gasteiger partial charge is 0.378 e. The summed E-state index contributed by atoms with van der Waals surface area (Å²) in [6, 6.07) is 3.01. The van der Waals surface area contributed by atoms with Crippen molar-refractivity contribution in [2.24, 2.45) is 23.7 Å². The topological polar surface area (TPSA) is 85.7 Å². The smallest absolute Gasteiger partial charge is 0.224 e. The number of hydrogen-bond acceptors (Lipinski definition) is 5. The van der Waals surface area contributed by atoms with Crippen molar-refractivity contribution >= 4 is 11.8 Å². The Hall–Kier alpha value is -1.65. The molecule has 4 atom stereocenters. The fourth-order valence-corrected chi connectivity index (χ4v) is 7.11. The van der Waals surface area contributed by atoms with Crippen LogP contribution in [-0.2, 0) is 14.3 Å². The highest BCUT2D eigenvalue weighted by Gasteiger charge is 2.44. The van der Waals surface area contributed by atoms with Crippen LogP contribution >= 0.6 is 0 Å². The van der Waals surface area contributed by atoms with Crippen LogP contribution in [0.1, 0.15) is 90.9 Å². The predicted octanol–water partition coefficient (Wildman–Crippen LogP) is 4.12. The number of likely N-dealkylation sites (tertiary alicyclic amines) is 1. The summed E-state index contributed by atoms with van der Waals surface area (Å²) in [6.07, 6.45) is 12.6. The zero-order chi connectivity index (χ0) is 25.5. The van der Waals surface area contributed by atoms with Gasteiger partial charge in [-0.05, 0) is 43.4 Å². The number of amides is 2. The molecule has 0 aromatic carbocycles. The SMILES string of the molecule is CC(C)[C@@H]1CCC[C@@H](N2CC[C@@](C#N)(NC(=O)[C@@H](CC(=O)N3CCOCC3)CC3CCCCC3)C2)C1. The van der Waals surface area contributed by atoms with Crippen LogP contribution in [0.5, 0.6) is 0 Å². The Morgan fingerprint density at radius 3 is 2.50 bits per heavy atom. The number of carbonyl (C=O) groups is 2. The van der Waals surface area contributed by atoms with Crippen LogP contribution in [0.25, 0.3) is 0 Å². The number of nitrogens with one attached hydrogen (secondary N) is 1. The van der Waals surface area contributed by atoms with Crippen LogP contribution in [0.4, 0.5) is 0 Å². The minimum Gasteiger partial charge on any atom is -0.378 e. The highest BCUT2D eigenvalue weighted by Crippen LogP contribution is 2.36. The Morgan fingerprint density at radius 2 is 1.81 bits per heavy atom. The first-order valence-corrected chi connectivity index (χ1v) is 14.7. The lowest BCUT2D eigenvalue weighted by atomic mass is 9.79. The molecule has 0 unspecified atom stereocenters. The molecule has 1 N–H and O–H groups in total. The zero-order valence-corrected chi connectivity index (χ0v) is 22.7. The van der Waals surface area contributed by atoms with Crippen LogP contribution in [0.15, 0.2) is 0 Å². The summed E-state index contributed by atoms with van der Waals surface area (Å²) in [4.78, 5) is 31.1. The van der Waals surface area contributed by atoms with Gasteiger partial charge in [-0.25, -0.2) is 0 Å². The van der Waals surface area contributed by atoms with E-state index in [9.17, 15) is 14.9 Å². The highest BCUT2D eigenvalue weighted by atomic mass is 16.5. The molecule has 7 heteroatoms. The minimum atomic E-state index is -0.839. The fourth-order valence-electron chi connectivity index (χ4n) is 7.11. The van der Waals surface area contributed by atoms with Gasteiger partial charge in [-0.3, -0.25) is 14.5 Å². The van der Waals surface area contributed by atoms with Crippen molar-refractivity contribution in [3.8, 4) is 6.07 Å². The van der Waals surface area contributed by atoms with Crippen LogP contribution < -0.4 is 5.32 Å². The molecular weight excluding hydrogens is 452 g/mol. The molecule has 4 rings (SSSR count). The molecule has 0 aromatic rings. The third-order valence-corrected chi connectivity index (χ3v) is 9.52.